The molecule has 1 unspecified atom stereocenters. The Bertz CT molecular complexity index is 1370. The summed E-state index contributed by atoms with van der Waals surface area (Å²) in [5, 5.41) is 0. The number of hydrogen-bond acceptors (Lipinski definition) is 6. The predicted molar refractivity (Wildman–Crippen MR) is 307 cm³/mol. The maximum Gasteiger partial charge on any atom is 0.306 e. The molecule has 408 valence electrons. The Hall–Kier alpha value is -3.41. The number of esters is 3. The number of unbranched alkanes of at least 4 members (excludes halogenated alkanes) is 29. The molecule has 6 nitrogen and oxygen atoms in total. The third-order valence-electron chi connectivity index (χ3n) is 12.9. The van der Waals surface area contributed by atoms with E-state index in [1.165, 1.54) is 141 Å². The molecule has 0 aromatic rings. The standard InChI is InChI=1S/C65H112O6/c1-4-7-10-13-16-19-22-24-25-26-27-28-29-30-31-32-33-34-35-36-37-38-39-40-41-42-44-46-49-52-55-58-64(67)70-61-62(60-69-63(66)57-54-51-48-45-21-18-15-12-9-6-3)71-65(68)59-56-53-50-47-43-23-20-17-14-11-8-5-2/h7,10,12,15-16,19,24-25,27-28,30-31,33-34,62H,4-6,8-9,11,13-14,17-18,20-23,26,29,32,35-61H2,1-3H3/b10-7-,15-12-,19-16-,25-24-,28-27-,31-30-,34-33-. The molecule has 0 saturated carbocycles. The summed E-state index contributed by atoms with van der Waals surface area (Å²) in [7, 11) is 0. The molecule has 0 aromatic heterocycles. The first-order valence-electron chi connectivity index (χ1n) is 30.1. The minimum Gasteiger partial charge on any atom is -0.462 e. The lowest BCUT2D eigenvalue weighted by molar-refractivity contribution is -0.167. The van der Waals surface area contributed by atoms with E-state index in [0.717, 1.165) is 109 Å². The third kappa shape index (κ3) is 57.4. The van der Waals surface area contributed by atoms with Gasteiger partial charge < -0.3 is 14.2 Å². The molecule has 0 aliphatic rings. The summed E-state index contributed by atoms with van der Waals surface area (Å²) in [6.07, 6.45) is 77.4. The van der Waals surface area contributed by atoms with Crippen LogP contribution in [-0.4, -0.2) is 37.2 Å². The van der Waals surface area contributed by atoms with Gasteiger partial charge in [0.2, 0.25) is 0 Å². The summed E-state index contributed by atoms with van der Waals surface area (Å²) in [5.41, 5.74) is 0. The van der Waals surface area contributed by atoms with Crippen LogP contribution in [0.15, 0.2) is 85.1 Å². The van der Waals surface area contributed by atoms with Crippen molar-refractivity contribution in [2.45, 2.75) is 297 Å². The summed E-state index contributed by atoms with van der Waals surface area (Å²) in [6, 6.07) is 0. The van der Waals surface area contributed by atoms with Crippen LogP contribution in [0.2, 0.25) is 0 Å². The van der Waals surface area contributed by atoms with E-state index < -0.39 is 6.10 Å². The number of carbonyl (C=O) groups excluding carboxylic acids is 3. The summed E-state index contributed by atoms with van der Waals surface area (Å²) in [4.78, 5) is 38.0. The topological polar surface area (TPSA) is 78.9 Å². The zero-order valence-electron chi connectivity index (χ0n) is 46.7. The molecule has 0 spiro atoms. The van der Waals surface area contributed by atoms with Gasteiger partial charge in [-0.15, -0.1) is 0 Å². The van der Waals surface area contributed by atoms with E-state index in [1.54, 1.807) is 0 Å². The van der Waals surface area contributed by atoms with Crippen LogP contribution in [0.4, 0.5) is 0 Å². The average molecular weight is 990 g/mol. The first kappa shape index (κ1) is 67.6. The summed E-state index contributed by atoms with van der Waals surface area (Å²) in [6.45, 7) is 6.47. The van der Waals surface area contributed by atoms with E-state index in [-0.39, 0.29) is 31.1 Å². The van der Waals surface area contributed by atoms with Crippen LogP contribution in [0.1, 0.15) is 290 Å². The van der Waals surface area contributed by atoms with Gasteiger partial charge in [0, 0.05) is 19.3 Å². The van der Waals surface area contributed by atoms with Gasteiger partial charge in [-0.25, -0.2) is 0 Å². The third-order valence-corrected chi connectivity index (χ3v) is 12.9. The fourth-order valence-corrected chi connectivity index (χ4v) is 8.39. The van der Waals surface area contributed by atoms with Crippen molar-refractivity contribution in [2.75, 3.05) is 13.2 Å². The Kier molecular flexibility index (Phi) is 56.3. The van der Waals surface area contributed by atoms with Crippen molar-refractivity contribution in [3.63, 3.8) is 0 Å². The Balaban J connectivity index is 4.12. The van der Waals surface area contributed by atoms with Crippen LogP contribution in [0, 0.1) is 0 Å². The quantitative estimate of drug-likeness (QED) is 0.0261. The number of hydrogen-bond donors (Lipinski definition) is 0. The highest BCUT2D eigenvalue weighted by atomic mass is 16.6. The molecule has 0 bridgehead atoms. The number of rotatable bonds is 54. The van der Waals surface area contributed by atoms with Crippen molar-refractivity contribution in [1.82, 2.24) is 0 Å². The van der Waals surface area contributed by atoms with Gasteiger partial charge in [-0.2, -0.15) is 0 Å². The van der Waals surface area contributed by atoms with Crippen LogP contribution in [0.5, 0.6) is 0 Å². The summed E-state index contributed by atoms with van der Waals surface area (Å²) < 4.78 is 16.8. The van der Waals surface area contributed by atoms with Crippen LogP contribution < -0.4 is 0 Å². The lowest BCUT2D eigenvalue weighted by atomic mass is 10.0. The molecule has 0 N–H and O–H groups in total. The van der Waals surface area contributed by atoms with Crippen molar-refractivity contribution in [1.29, 1.82) is 0 Å². The van der Waals surface area contributed by atoms with Crippen molar-refractivity contribution < 1.29 is 28.6 Å². The second-order valence-electron chi connectivity index (χ2n) is 19.9. The highest BCUT2D eigenvalue weighted by Gasteiger charge is 2.19. The van der Waals surface area contributed by atoms with E-state index in [2.05, 4.69) is 106 Å². The molecule has 0 aromatic carbocycles. The van der Waals surface area contributed by atoms with E-state index in [9.17, 15) is 14.4 Å². The van der Waals surface area contributed by atoms with Crippen LogP contribution in [0.3, 0.4) is 0 Å². The molecule has 0 heterocycles. The van der Waals surface area contributed by atoms with Gasteiger partial charge in [-0.3, -0.25) is 14.4 Å². The molecule has 1 atom stereocenters. The SMILES string of the molecule is CC/C=C\C/C=C\C/C=C\C/C=C\C/C=C\C/C=C\CCCCCCCCCCCCCCC(=O)OCC(COC(=O)CCCCCCC/C=C\CCC)OC(=O)CCCCCCCCCCCCCC. The lowest BCUT2D eigenvalue weighted by Crippen LogP contribution is -2.30. The smallest absolute Gasteiger partial charge is 0.306 e. The maximum absolute atomic E-state index is 12.8. The lowest BCUT2D eigenvalue weighted by Gasteiger charge is -2.18. The molecule has 0 aliphatic carbocycles. The summed E-state index contributed by atoms with van der Waals surface area (Å²) in [5.74, 6) is -0.882. The largest absolute Gasteiger partial charge is 0.462 e. The van der Waals surface area contributed by atoms with Gasteiger partial charge in [-0.1, -0.05) is 266 Å². The molecular weight excluding hydrogens is 877 g/mol. The zero-order valence-corrected chi connectivity index (χ0v) is 46.7. The maximum atomic E-state index is 12.8. The van der Waals surface area contributed by atoms with E-state index in [4.69, 9.17) is 14.2 Å². The fourth-order valence-electron chi connectivity index (χ4n) is 8.39. The van der Waals surface area contributed by atoms with E-state index >= 15 is 0 Å². The van der Waals surface area contributed by atoms with Gasteiger partial charge in [0.25, 0.3) is 0 Å². The zero-order chi connectivity index (χ0) is 51.4. The molecule has 0 rings (SSSR count). The van der Waals surface area contributed by atoms with Crippen molar-refractivity contribution in [3.8, 4) is 0 Å². The van der Waals surface area contributed by atoms with E-state index in [1.807, 2.05) is 0 Å². The van der Waals surface area contributed by atoms with Crippen molar-refractivity contribution in [3.05, 3.63) is 85.1 Å². The van der Waals surface area contributed by atoms with Crippen LogP contribution in [0.25, 0.3) is 0 Å². The highest BCUT2D eigenvalue weighted by molar-refractivity contribution is 5.71. The molecule has 0 aliphatic heterocycles. The van der Waals surface area contributed by atoms with Crippen LogP contribution in [-0.2, 0) is 28.6 Å². The Morgan fingerprint density at radius 1 is 0.296 bits per heavy atom. The summed E-state index contributed by atoms with van der Waals surface area (Å²) >= 11 is 0. The monoisotopic (exact) mass is 989 g/mol. The van der Waals surface area contributed by atoms with Gasteiger partial charge in [0.05, 0.1) is 0 Å². The fraction of sp³-hybridized carbons (Fsp3) is 0.738. The molecule has 0 saturated heterocycles. The average Bonchev–Trinajstić information content (AvgIpc) is 3.37. The molecule has 0 radical (unpaired) electrons. The molecule has 0 amide bonds. The first-order valence-corrected chi connectivity index (χ1v) is 30.1. The number of allylic oxidation sites excluding steroid dienone is 14. The highest BCUT2D eigenvalue weighted by Crippen LogP contribution is 2.16. The first-order chi connectivity index (χ1) is 35.0. The second kappa shape index (κ2) is 59.2. The van der Waals surface area contributed by atoms with Gasteiger partial charge in [0.1, 0.15) is 13.2 Å². The van der Waals surface area contributed by atoms with Crippen molar-refractivity contribution >= 4 is 17.9 Å². The molecule has 6 heteroatoms. The van der Waals surface area contributed by atoms with Crippen molar-refractivity contribution in [2.24, 2.45) is 0 Å². The Morgan fingerprint density at radius 3 is 0.930 bits per heavy atom. The second-order valence-corrected chi connectivity index (χ2v) is 19.9. The number of ether oxygens (including phenoxy) is 3. The predicted octanol–water partition coefficient (Wildman–Crippen LogP) is 20.3. The molecule has 71 heavy (non-hydrogen) atoms. The Morgan fingerprint density at radius 2 is 0.577 bits per heavy atom. The van der Waals surface area contributed by atoms with Gasteiger partial charge >= 0.3 is 17.9 Å². The Labute approximate surface area is 439 Å². The van der Waals surface area contributed by atoms with Gasteiger partial charge in [-0.05, 0) is 89.9 Å². The van der Waals surface area contributed by atoms with E-state index in [0.29, 0.717) is 19.3 Å². The minimum absolute atomic E-state index is 0.0769. The van der Waals surface area contributed by atoms with Crippen LogP contribution >= 0.6 is 0 Å². The molecular formula is C65H112O6. The minimum atomic E-state index is -0.776. The number of carbonyl (C=O) groups is 3. The molecule has 0 fully saturated rings. The van der Waals surface area contributed by atoms with Gasteiger partial charge in [0.15, 0.2) is 6.10 Å². The normalized spacial score (nSPS) is 12.7.